The van der Waals surface area contributed by atoms with Crippen LogP contribution in [0, 0.1) is 0 Å². The van der Waals surface area contributed by atoms with Gasteiger partial charge >= 0.3 is 0 Å². The molecule has 288 valence electrons. The van der Waals surface area contributed by atoms with E-state index in [1.807, 2.05) is 41.7 Å². The third-order valence-electron chi connectivity index (χ3n) is 12.3. The summed E-state index contributed by atoms with van der Waals surface area (Å²) in [4.78, 5) is 15.7. The quantitative estimate of drug-likeness (QED) is 0.163. The first-order valence-corrected chi connectivity index (χ1v) is 21.7. The summed E-state index contributed by atoms with van der Waals surface area (Å²) in [7, 11) is 0. The van der Waals surface area contributed by atoms with Crippen LogP contribution >= 0.6 is 11.3 Å². The first-order chi connectivity index (χ1) is 30.7. The molecule has 3 heterocycles. The summed E-state index contributed by atoms with van der Waals surface area (Å²) in [5, 5.41) is 11.8. The van der Waals surface area contributed by atoms with Crippen LogP contribution < -0.4 is 0 Å². The smallest absolute Gasteiger partial charge is 0.164 e. The molecule has 0 fully saturated rings. The molecule has 0 spiro atoms. The van der Waals surface area contributed by atoms with E-state index in [9.17, 15) is 0 Å². The third kappa shape index (κ3) is 5.42. The van der Waals surface area contributed by atoms with Crippen molar-refractivity contribution in [3.63, 3.8) is 0 Å². The lowest BCUT2D eigenvalue weighted by molar-refractivity contribution is 0.669. The molecule has 5 heteroatoms. The maximum atomic E-state index is 6.65. The van der Waals surface area contributed by atoms with Crippen LogP contribution in [0.2, 0.25) is 0 Å². The molecule has 3 aromatic heterocycles. The minimum absolute atomic E-state index is 0.590. The summed E-state index contributed by atoms with van der Waals surface area (Å²) in [6, 6.07) is 70.9. The van der Waals surface area contributed by atoms with Gasteiger partial charge in [0.05, 0.1) is 0 Å². The van der Waals surface area contributed by atoms with E-state index in [-0.39, 0.29) is 0 Å². The van der Waals surface area contributed by atoms with Crippen LogP contribution in [0.1, 0.15) is 0 Å². The Morgan fingerprint density at radius 1 is 0.306 bits per heavy atom. The lowest BCUT2D eigenvalue weighted by Crippen LogP contribution is -2.00. The number of furan rings is 1. The molecule has 0 saturated heterocycles. The Morgan fingerprint density at radius 3 is 1.63 bits per heavy atom. The molecule has 62 heavy (non-hydrogen) atoms. The largest absolute Gasteiger partial charge is 0.456 e. The zero-order chi connectivity index (χ0) is 40.7. The Balaban J connectivity index is 1.05. The molecule has 10 aromatic carbocycles. The molecule has 0 saturated carbocycles. The second-order valence-corrected chi connectivity index (χ2v) is 16.9. The molecule has 0 aliphatic rings. The van der Waals surface area contributed by atoms with Crippen molar-refractivity contribution < 1.29 is 4.42 Å². The first-order valence-electron chi connectivity index (χ1n) is 20.8. The van der Waals surface area contributed by atoms with E-state index in [1.165, 1.54) is 69.2 Å². The Kier molecular flexibility index (Phi) is 7.74. The number of nitrogens with zero attached hydrogens (tertiary/aromatic N) is 3. The van der Waals surface area contributed by atoms with Crippen molar-refractivity contribution in [2.75, 3.05) is 0 Å². The van der Waals surface area contributed by atoms with Crippen LogP contribution in [0.25, 0.3) is 131 Å². The van der Waals surface area contributed by atoms with Crippen LogP contribution in [-0.2, 0) is 0 Å². The summed E-state index contributed by atoms with van der Waals surface area (Å²) in [5.74, 6) is 1.82. The maximum absolute atomic E-state index is 6.65. The predicted octanol–water partition coefficient (Wildman–Crippen LogP) is 15.9. The van der Waals surface area contributed by atoms with Gasteiger partial charge in [-0.3, -0.25) is 0 Å². The summed E-state index contributed by atoms with van der Waals surface area (Å²) in [6.07, 6.45) is 0. The lowest BCUT2D eigenvalue weighted by atomic mass is 9.90. The molecule has 0 atom stereocenters. The molecule has 0 bridgehead atoms. The molecular formula is C57H33N3OS. The highest BCUT2D eigenvalue weighted by Crippen LogP contribution is 2.47. The van der Waals surface area contributed by atoms with Gasteiger partial charge in [-0.15, -0.1) is 11.3 Å². The lowest BCUT2D eigenvalue weighted by Gasteiger charge is -2.13. The molecule has 0 amide bonds. The molecule has 4 nitrogen and oxygen atoms in total. The zero-order valence-electron chi connectivity index (χ0n) is 33.2. The number of hydrogen-bond donors (Lipinski definition) is 0. The average molecular weight is 808 g/mol. The fourth-order valence-electron chi connectivity index (χ4n) is 9.53. The molecule has 0 aliphatic carbocycles. The molecule has 13 rings (SSSR count). The SMILES string of the molecule is c1ccc(-c2nc(-c3ccc4c5ccccc5c5ccccc5c4c3)nc(-c3cccc4oc5ccc(-c6c(-c7ccccc7)ccc7sc8ccccc8c67)cc5c34)n2)cc1. The van der Waals surface area contributed by atoms with Crippen molar-refractivity contribution in [2.24, 2.45) is 0 Å². The van der Waals surface area contributed by atoms with Gasteiger partial charge in [-0.05, 0) is 91.0 Å². The minimum Gasteiger partial charge on any atom is -0.456 e. The highest BCUT2D eigenvalue weighted by atomic mass is 32.1. The van der Waals surface area contributed by atoms with Crippen LogP contribution in [0.3, 0.4) is 0 Å². The van der Waals surface area contributed by atoms with Crippen LogP contribution in [-0.4, -0.2) is 15.0 Å². The van der Waals surface area contributed by atoms with Gasteiger partial charge in [0.25, 0.3) is 0 Å². The Labute approximate surface area is 360 Å². The van der Waals surface area contributed by atoms with Crippen LogP contribution in [0.4, 0.5) is 0 Å². The summed E-state index contributed by atoms with van der Waals surface area (Å²) < 4.78 is 9.19. The van der Waals surface area contributed by atoms with Gasteiger partial charge in [-0.1, -0.05) is 164 Å². The highest BCUT2D eigenvalue weighted by Gasteiger charge is 2.22. The van der Waals surface area contributed by atoms with Gasteiger partial charge in [0.1, 0.15) is 11.2 Å². The van der Waals surface area contributed by atoms with Crippen molar-refractivity contribution in [3.05, 3.63) is 200 Å². The van der Waals surface area contributed by atoms with Crippen LogP contribution in [0.5, 0.6) is 0 Å². The second-order valence-electron chi connectivity index (χ2n) is 15.8. The van der Waals surface area contributed by atoms with Gasteiger partial charge in [0.2, 0.25) is 0 Å². The molecule has 13 aromatic rings. The molecule has 0 aliphatic heterocycles. The zero-order valence-corrected chi connectivity index (χ0v) is 34.0. The highest BCUT2D eigenvalue weighted by molar-refractivity contribution is 7.26. The molecule has 0 radical (unpaired) electrons. The molecule has 0 unspecified atom stereocenters. The normalized spacial score (nSPS) is 11.9. The standard InChI is InChI=1S/C57H33N3OS/c1-3-14-34(15-4-1)38-29-31-51-54(44-22-11-12-25-50(44)62-51)52(38)36-27-30-48-47(32-36)53-45(23-13-24-49(53)61-48)57-59-55(35-16-5-2-6-17-35)58-56(60-57)37-26-28-43-41-20-8-7-18-39(41)40-19-9-10-21-42(40)46(43)33-37/h1-33H. The van der Waals surface area contributed by atoms with E-state index in [2.05, 4.69) is 170 Å². The van der Waals surface area contributed by atoms with E-state index in [1.54, 1.807) is 0 Å². The van der Waals surface area contributed by atoms with E-state index in [0.717, 1.165) is 44.2 Å². The van der Waals surface area contributed by atoms with E-state index < -0.39 is 0 Å². The van der Waals surface area contributed by atoms with E-state index >= 15 is 0 Å². The maximum Gasteiger partial charge on any atom is 0.164 e. The fraction of sp³-hybridized carbons (Fsp3) is 0. The number of fused-ring (bicyclic) bond motifs is 12. The second kappa shape index (κ2) is 13.8. The van der Waals surface area contributed by atoms with E-state index in [4.69, 9.17) is 19.4 Å². The Bertz CT molecular complexity index is 3890. The fourth-order valence-corrected chi connectivity index (χ4v) is 10.6. The minimum atomic E-state index is 0.590. The van der Waals surface area contributed by atoms with Gasteiger partial charge in [-0.2, -0.15) is 0 Å². The Hall–Kier alpha value is -7.99. The van der Waals surface area contributed by atoms with Crippen molar-refractivity contribution >= 4 is 85.8 Å². The van der Waals surface area contributed by atoms with Gasteiger partial charge < -0.3 is 4.42 Å². The number of thiophene rings is 1. The van der Waals surface area contributed by atoms with Crippen LogP contribution in [0.15, 0.2) is 205 Å². The summed E-state index contributed by atoms with van der Waals surface area (Å²) in [5.41, 5.74) is 9.04. The van der Waals surface area contributed by atoms with Gasteiger partial charge in [0, 0.05) is 47.6 Å². The van der Waals surface area contributed by atoms with E-state index in [0.29, 0.717) is 17.5 Å². The number of benzene rings is 10. The van der Waals surface area contributed by atoms with Crippen molar-refractivity contribution in [1.82, 2.24) is 15.0 Å². The number of hydrogen-bond acceptors (Lipinski definition) is 5. The summed E-state index contributed by atoms with van der Waals surface area (Å²) in [6.45, 7) is 0. The van der Waals surface area contributed by atoms with Crippen molar-refractivity contribution in [3.8, 4) is 56.4 Å². The first kappa shape index (κ1) is 34.8. The molecule has 0 N–H and O–H groups in total. The van der Waals surface area contributed by atoms with Crippen molar-refractivity contribution in [1.29, 1.82) is 0 Å². The molecular weight excluding hydrogens is 775 g/mol. The third-order valence-corrected chi connectivity index (χ3v) is 13.5. The monoisotopic (exact) mass is 807 g/mol. The van der Waals surface area contributed by atoms with Gasteiger partial charge in [0.15, 0.2) is 17.5 Å². The average Bonchev–Trinajstić information content (AvgIpc) is 3.92. The Morgan fingerprint density at radius 2 is 0.887 bits per heavy atom. The topological polar surface area (TPSA) is 51.8 Å². The summed E-state index contributed by atoms with van der Waals surface area (Å²) >= 11 is 1.84. The predicted molar refractivity (Wildman–Crippen MR) is 260 cm³/mol. The van der Waals surface area contributed by atoms with Crippen molar-refractivity contribution in [2.45, 2.75) is 0 Å². The number of aromatic nitrogens is 3. The van der Waals surface area contributed by atoms with Gasteiger partial charge in [-0.25, -0.2) is 15.0 Å². The number of rotatable bonds is 5.